The molecule has 0 bridgehead atoms. The summed E-state index contributed by atoms with van der Waals surface area (Å²) < 4.78 is 15.9. The lowest BCUT2D eigenvalue weighted by molar-refractivity contribution is -0.136. The number of carbonyl (C=O) groups excluding carboxylic acids is 1. The molecule has 4 rings (SSSR count). The highest BCUT2D eigenvalue weighted by Gasteiger charge is 2.36. The van der Waals surface area contributed by atoms with E-state index in [1.807, 2.05) is 0 Å². The Balaban J connectivity index is 1.98. The Morgan fingerprint density at radius 3 is 2.81 bits per heavy atom. The number of rotatable bonds is 2. The second-order valence-corrected chi connectivity index (χ2v) is 6.31. The number of anilines is 1. The molecule has 3 heterocycles. The Morgan fingerprint density at radius 2 is 2.04 bits per heavy atom. The van der Waals surface area contributed by atoms with Crippen LogP contribution >= 0.6 is 12.2 Å². The normalized spacial score (nSPS) is 17.5. The van der Waals surface area contributed by atoms with Crippen LogP contribution in [-0.4, -0.2) is 29.8 Å². The third-order valence-electron chi connectivity index (χ3n) is 4.41. The van der Waals surface area contributed by atoms with Crippen LogP contribution in [0.4, 0.5) is 5.82 Å². The maximum Gasteiger partial charge on any atom is 0.336 e. The predicted molar refractivity (Wildman–Crippen MR) is 95.0 cm³/mol. The van der Waals surface area contributed by atoms with Crippen molar-refractivity contribution in [3.63, 3.8) is 0 Å². The van der Waals surface area contributed by atoms with Crippen molar-refractivity contribution >= 4 is 24.0 Å². The molecule has 1 aromatic heterocycles. The van der Waals surface area contributed by atoms with Gasteiger partial charge in [-0.05, 0) is 36.8 Å². The Hall–Kier alpha value is -3.07. The zero-order chi connectivity index (χ0) is 18.4. The first-order valence-corrected chi connectivity index (χ1v) is 8.22. The molecule has 3 N–H and O–H groups in total. The summed E-state index contributed by atoms with van der Waals surface area (Å²) in [5.74, 6) is 0.454. The van der Waals surface area contributed by atoms with Crippen LogP contribution in [0.25, 0.3) is 0 Å². The van der Waals surface area contributed by atoms with Crippen LogP contribution in [0.2, 0.25) is 0 Å². The summed E-state index contributed by atoms with van der Waals surface area (Å²) in [4.78, 5) is 30.6. The van der Waals surface area contributed by atoms with Crippen molar-refractivity contribution < 1.29 is 19.0 Å². The van der Waals surface area contributed by atoms with E-state index in [0.717, 1.165) is 0 Å². The number of hydrogen-bond donors (Lipinski definition) is 3. The van der Waals surface area contributed by atoms with Gasteiger partial charge in [-0.3, -0.25) is 9.78 Å². The molecule has 0 fully saturated rings. The number of allylic oxidation sites excluding steroid dienone is 1. The molecule has 2 aliphatic rings. The molecule has 0 aliphatic carbocycles. The number of fused-ring (bicyclic) bond motifs is 2. The number of methoxy groups -OCH3 is 1. The predicted octanol–water partition coefficient (Wildman–Crippen LogP) is 2.17. The molecule has 0 spiro atoms. The SMILES string of the molecule is COC(=O)C1=C(C)Nc2[nH]c(=S)[nH]c(=O)c2[C@H]1c1ccc2c(c1)OCO2. The third kappa shape index (κ3) is 2.48. The lowest BCUT2D eigenvalue weighted by Crippen LogP contribution is -2.30. The van der Waals surface area contributed by atoms with E-state index in [9.17, 15) is 9.59 Å². The molecule has 134 valence electrons. The van der Waals surface area contributed by atoms with Crippen LogP contribution in [0.3, 0.4) is 0 Å². The topological polar surface area (TPSA) is 105 Å². The van der Waals surface area contributed by atoms with Crippen LogP contribution in [0.1, 0.15) is 24.0 Å². The fourth-order valence-corrected chi connectivity index (χ4v) is 3.49. The average Bonchev–Trinajstić information content (AvgIpc) is 3.07. The van der Waals surface area contributed by atoms with Crippen LogP contribution in [0.15, 0.2) is 34.3 Å². The smallest absolute Gasteiger partial charge is 0.336 e. The molecule has 0 saturated carbocycles. The molecule has 2 aromatic rings. The quantitative estimate of drug-likeness (QED) is 0.547. The molecule has 2 aliphatic heterocycles. The van der Waals surface area contributed by atoms with Crippen molar-refractivity contribution in [1.29, 1.82) is 0 Å². The fourth-order valence-electron chi connectivity index (χ4n) is 3.29. The van der Waals surface area contributed by atoms with Gasteiger partial charge in [0.1, 0.15) is 5.82 Å². The number of aromatic amines is 2. The van der Waals surface area contributed by atoms with Crippen LogP contribution in [0.5, 0.6) is 11.5 Å². The molecule has 1 atom stereocenters. The molecular weight excluding hydrogens is 358 g/mol. The Kier molecular flexibility index (Phi) is 3.80. The van der Waals surface area contributed by atoms with Crippen molar-refractivity contribution in [1.82, 2.24) is 9.97 Å². The van der Waals surface area contributed by atoms with E-state index in [1.165, 1.54) is 7.11 Å². The zero-order valence-corrected chi connectivity index (χ0v) is 14.8. The average molecular weight is 373 g/mol. The Morgan fingerprint density at radius 1 is 1.27 bits per heavy atom. The molecule has 1 aromatic carbocycles. The first-order valence-electron chi connectivity index (χ1n) is 7.81. The summed E-state index contributed by atoms with van der Waals surface area (Å²) in [5, 5.41) is 3.04. The van der Waals surface area contributed by atoms with E-state index in [1.54, 1.807) is 25.1 Å². The number of hydrogen-bond acceptors (Lipinski definition) is 7. The summed E-state index contributed by atoms with van der Waals surface area (Å²) in [5.41, 5.74) is 1.59. The molecule has 26 heavy (non-hydrogen) atoms. The van der Waals surface area contributed by atoms with Gasteiger partial charge in [0.2, 0.25) is 6.79 Å². The zero-order valence-electron chi connectivity index (χ0n) is 14.0. The second kappa shape index (κ2) is 6.03. The Bertz CT molecular complexity index is 1070. The van der Waals surface area contributed by atoms with Gasteiger partial charge in [0.15, 0.2) is 16.3 Å². The number of ether oxygens (including phenoxy) is 3. The first kappa shape index (κ1) is 16.4. The summed E-state index contributed by atoms with van der Waals surface area (Å²) in [7, 11) is 1.30. The highest BCUT2D eigenvalue weighted by molar-refractivity contribution is 7.71. The molecular formula is C17H15N3O5S. The highest BCUT2D eigenvalue weighted by Crippen LogP contribution is 2.42. The van der Waals surface area contributed by atoms with Crippen molar-refractivity contribution in [2.24, 2.45) is 0 Å². The van der Waals surface area contributed by atoms with Crippen LogP contribution < -0.4 is 20.3 Å². The van der Waals surface area contributed by atoms with Gasteiger partial charge >= 0.3 is 5.97 Å². The summed E-state index contributed by atoms with van der Waals surface area (Å²) in [6.45, 7) is 1.88. The molecule has 0 radical (unpaired) electrons. The first-order chi connectivity index (χ1) is 12.5. The van der Waals surface area contributed by atoms with Gasteiger partial charge < -0.3 is 24.5 Å². The summed E-state index contributed by atoms with van der Waals surface area (Å²) >= 11 is 5.05. The van der Waals surface area contributed by atoms with E-state index in [-0.39, 0.29) is 17.1 Å². The van der Waals surface area contributed by atoms with Gasteiger partial charge in [0.05, 0.1) is 24.2 Å². The number of carbonyl (C=O) groups is 1. The minimum absolute atomic E-state index is 0.133. The van der Waals surface area contributed by atoms with E-state index >= 15 is 0 Å². The van der Waals surface area contributed by atoms with Gasteiger partial charge in [-0.2, -0.15) is 0 Å². The lowest BCUT2D eigenvalue weighted by atomic mass is 9.82. The number of H-pyrrole nitrogens is 2. The third-order valence-corrected chi connectivity index (χ3v) is 4.61. The van der Waals surface area contributed by atoms with Crippen molar-refractivity contribution in [3.05, 3.63) is 55.7 Å². The second-order valence-electron chi connectivity index (χ2n) is 5.90. The largest absolute Gasteiger partial charge is 0.466 e. The Labute approximate surface area is 152 Å². The minimum atomic E-state index is -0.649. The van der Waals surface area contributed by atoms with Crippen molar-refractivity contribution in [3.8, 4) is 11.5 Å². The maximum absolute atomic E-state index is 12.7. The molecule has 9 heteroatoms. The van der Waals surface area contributed by atoms with E-state index in [0.29, 0.717) is 39.7 Å². The van der Waals surface area contributed by atoms with Gasteiger partial charge in [-0.15, -0.1) is 0 Å². The molecule has 0 amide bonds. The molecule has 8 nitrogen and oxygen atoms in total. The van der Waals surface area contributed by atoms with Gasteiger partial charge in [-0.1, -0.05) is 6.07 Å². The van der Waals surface area contributed by atoms with Crippen LogP contribution in [-0.2, 0) is 9.53 Å². The van der Waals surface area contributed by atoms with Gasteiger partial charge in [0.25, 0.3) is 5.56 Å². The number of benzene rings is 1. The van der Waals surface area contributed by atoms with E-state index in [4.69, 9.17) is 26.4 Å². The molecule has 0 unspecified atom stereocenters. The van der Waals surface area contributed by atoms with Gasteiger partial charge in [-0.25, -0.2) is 4.79 Å². The number of esters is 1. The number of nitrogens with one attached hydrogen (secondary N) is 3. The highest BCUT2D eigenvalue weighted by atomic mass is 32.1. The van der Waals surface area contributed by atoms with E-state index in [2.05, 4.69) is 15.3 Å². The fraction of sp³-hybridized carbons (Fsp3) is 0.235. The molecule has 0 saturated heterocycles. The van der Waals surface area contributed by atoms with E-state index < -0.39 is 11.9 Å². The maximum atomic E-state index is 12.7. The number of aromatic nitrogens is 2. The van der Waals surface area contributed by atoms with Gasteiger partial charge in [0, 0.05) is 5.70 Å². The summed E-state index contributed by atoms with van der Waals surface area (Å²) in [6.07, 6.45) is 0. The van der Waals surface area contributed by atoms with Crippen molar-refractivity contribution in [2.75, 3.05) is 19.2 Å². The van der Waals surface area contributed by atoms with Crippen molar-refractivity contribution in [2.45, 2.75) is 12.8 Å². The lowest BCUT2D eigenvalue weighted by Gasteiger charge is -2.28. The minimum Gasteiger partial charge on any atom is -0.466 e. The monoisotopic (exact) mass is 373 g/mol. The van der Waals surface area contributed by atoms with Crippen LogP contribution in [0, 0.1) is 4.77 Å². The standard InChI is InChI=1S/C17H15N3O5S/c1-7-11(16(22)23-2)12(8-3-4-9-10(5-8)25-6-24-9)13-14(18-7)19-17(26)20-15(13)21/h3-5,12H,6H2,1-2H3,(H3,18,19,20,21,26)/t12-/m0/s1. The summed E-state index contributed by atoms with van der Waals surface area (Å²) in [6, 6.07) is 5.31.